The number of rotatable bonds is 7. The quantitative estimate of drug-likeness (QED) is 0.525. The van der Waals surface area contributed by atoms with Gasteiger partial charge in [0.15, 0.2) is 0 Å². The summed E-state index contributed by atoms with van der Waals surface area (Å²) in [5.74, 6) is 0.117. The highest BCUT2D eigenvalue weighted by Crippen LogP contribution is 2.29. The molecule has 0 bridgehead atoms. The third-order valence-electron chi connectivity index (χ3n) is 7.10. The van der Waals surface area contributed by atoms with Gasteiger partial charge in [-0.25, -0.2) is 0 Å². The number of aromatic nitrogens is 1. The number of para-hydroxylation sites is 2. The van der Waals surface area contributed by atoms with E-state index in [4.69, 9.17) is 4.74 Å². The van der Waals surface area contributed by atoms with E-state index in [9.17, 15) is 20.0 Å². The first-order valence-corrected chi connectivity index (χ1v) is 12.2. The standard InChI is InChI=1S/C26H33N5O4/c1-17-18(2)31(15-20-6-5-13-35-20)25(21(17)14-27)29-24(33)16-30-11-9-19(10-12-30)26(34)28-22-7-3-4-8-23(22)32/h3-4,7-8,19-20,32H,5-6,9-13,15-16H2,1-2H3,(H,28,34)(H,29,33)/t20-/m0/s1. The first-order valence-electron chi connectivity index (χ1n) is 12.2. The largest absolute Gasteiger partial charge is 0.506 e. The number of likely N-dealkylation sites (tertiary alicyclic amines) is 1. The van der Waals surface area contributed by atoms with Crippen LogP contribution in [0.3, 0.4) is 0 Å². The predicted molar refractivity (Wildman–Crippen MR) is 132 cm³/mol. The van der Waals surface area contributed by atoms with E-state index in [1.54, 1.807) is 18.2 Å². The Hall–Kier alpha value is -3.35. The summed E-state index contributed by atoms with van der Waals surface area (Å²) in [5, 5.41) is 25.4. The molecule has 1 atom stereocenters. The Morgan fingerprint density at radius 1 is 1.17 bits per heavy atom. The molecule has 1 aromatic heterocycles. The number of phenols is 1. The summed E-state index contributed by atoms with van der Waals surface area (Å²) in [7, 11) is 0. The maximum absolute atomic E-state index is 12.9. The fourth-order valence-electron chi connectivity index (χ4n) is 4.89. The summed E-state index contributed by atoms with van der Waals surface area (Å²) in [6.07, 6.45) is 3.34. The van der Waals surface area contributed by atoms with E-state index in [2.05, 4.69) is 16.7 Å². The number of piperidine rings is 1. The van der Waals surface area contributed by atoms with Gasteiger partial charge in [0.05, 0.1) is 30.4 Å². The number of nitrogens with one attached hydrogen (secondary N) is 2. The number of benzene rings is 1. The van der Waals surface area contributed by atoms with Crippen LogP contribution in [-0.4, -0.2) is 58.7 Å². The number of carbonyl (C=O) groups excluding carboxylic acids is 2. The maximum atomic E-state index is 12.9. The van der Waals surface area contributed by atoms with Gasteiger partial charge in [0, 0.05) is 18.2 Å². The minimum absolute atomic E-state index is 0.0430. The van der Waals surface area contributed by atoms with E-state index < -0.39 is 0 Å². The molecule has 2 aromatic rings. The summed E-state index contributed by atoms with van der Waals surface area (Å²) in [4.78, 5) is 27.6. The van der Waals surface area contributed by atoms with Crippen molar-refractivity contribution in [3.63, 3.8) is 0 Å². The lowest BCUT2D eigenvalue weighted by molar-refractivity contribution is -0.121. The van der Waals surface area contributed by atoms with Crippen LogP contribution < -0.4 is 10.6 Å². The molecule has 186 valence electrons. The highest BCUT2D eigenvalue weighted by molar-refractivity contribution is 5.94. The van der Waals surface area contributed by atoms with Gasteiger partial charge in [-0.1, -0.05) is 12.1 Å². The average Bonchev–Trinajstić information content (AvgIpc) is 3.44. The summed E-state index contributed by atoms with van der Waals surface area (Å²) in [6.45, 7) is 6.66. The molecule has 2 aliphatic rings. The van der Waals surface area contributed by atoms with Gasteiger partial charge in [-0.15, -0.1) is 0 Å². The number of hydrogen-bond donors (Lipinski definition) is 3. The number of nitrogens with zero attached hydrogens (tertiary/aromatic N) is 3. The van der Waals surface area contributed by atoms with Crippen LogP contribution in [0.15, 0.2) is 24.3 Å². The molecule has 1 aromatic carbocycles. The summed E-state index contributed by atoms with van der Waals surface area (Å²) in [5.41, 5.74) is 2.73. The van der Waals surface area contributed by atoms with Crippen LogP contribution in [0.25, 0.3) is 0 Å². The molecule has 3 N–H and O–H groups in total. The van der Waals surface area contributed by atoms with Gasteiger partial charge in [0.2, 0.25) is 11.8 Å². The van der Waals surface area contributed by atoms with Crippen molar-refractivity contribution in [1.29, 1.82) is 5.26 Å². The fourth-order valence-corrected chi connectivity index (χ4v) is 4.89. The molecule has 4 rings (SSSR count). The lowest BCUT2D eigenvalue weighted by Crippen LogP contribution is -2.42. The van der Waals surface area contributed by atoms with Gasteiger partial charge >= 0.3 is 0 Å². The number of ether oxygens (including phenoxy) is 1. The zero-order valence-corrected chi connectivity index (χ0v) is 20.3. The van der Waals surface area contributed by atoms with Crippen LogP contribution >= 0.6 is 0 Å². The first-order chi connectivity index (χ1) is 16.9. The molecule has 2 amide bonds. The lowest BCUT2D eigenvalue weighted by Gasteiger charge is -2.30. The van der Waals surface area contributed by atoms with Gasteiger partial charge < -0.3 is 25.0 Å². The Balaban J connectivity index is 1.33. The molecule has 2 fully saturated rings. The number of phenolic OH excluding ortho intramolecular Hbond substituents is 1. The second-order valence-corrected chi connectivity index (χ2v) is 9.40. The number of hydrogen-bond acceptors (Lipinski definition) is 6. The van der Waals surface area contributed by atoms with Gasteiger partial charge in [-0.2, -0.15) is 5.26 Å². The van der Waals surface area contributed by atoms with Crippen LogP contribution in [0.4, 0.5) is 11.5 Å². The van der Waals surface area contributed by atoms with E-state index in [0.29, 0.717) is 49.5 Å². The second kappa shape index (κ2) is 10.9. The van der Waals surface area contributed by atoms with Crippen molar-refractivity contribution >= 4 is 23.3 Å². The van der Waals surface area contributed by atoms with Gasteiger partial charge in [-0.3, -0.25) is 14.5 Å². The summed E-state index contributed by atoms with van der Waals surface area (Å²) < 4.78 is 7.78. The molecule has 0 spiro atoms. The Bertz CT molecular complexity index is 1120. The molecule has 9 nitrogen and oxygen atoms in total. The summed E-state index contributed by atoms with van der Waals surface area (Å²) in [6, 6.07) is 8.92. The topological polar surface area (TPSA) is 120 Å². The highest BCUT2D eigenvalue weighted by atomic mass is 16.5. The monoisotopic (exact) mass is 479 g/mol. The minimum Gasteiger partial charge on any atom is -0.506 e. The number of carbonyl (C=O) groups is 2. The van der Waals surface area contributed by atoms with Gasteiger partial charge in [-0.05, 0) is 70.3 Å². The third-order valence-corrected chi connectivity index (χ3v) is 7.10. The van der Waals surface area contributed by atoms with E-state index in [1.165, 1.54) is 6.07 Å². The zero-order chi connectivity index (χ0) is 24.9. The van der Waals surface area contributed by atoms with Crippen molar-refractivity contribution in [2.75, 3.05) is 36.9 Å². The van der Waals surface area contributed by atoms with E-state index >= 15 is 0 Å². The van der Waals surface area contributed by atoms with Crippen LogP contribution in [0, 0.1) is 31.1 Å². The van der Waals surface area contributed by atoms with Crippen LogP contribution in [0.5, 0.6) is 5.75 Å². The number of anilines is 2. The molecule has 2 saturated heterocycles. The number of aromatic hydroxyl groups is 1. The van der Waals surface area contributed by atoms with E-state index in [0.717, 1.165) is 30.7 Å². The molecule has 9 heteroatoms. The second-order valence-electron chi connectivity index (χ2n) is 9.40. The first kappa shape index (κ1) is 24.8. The van der Waals surface area contributed by atoms with Crippen LogP contribution in [-0.2, 0) is 20.9 Å². The molecular weight excluding hydrogens is 446 g/mol. The van der Waals surface area contributed by atoms with Crippen LogP contribution in [0.2, 0.25) is 0 Å². The van der Waals surface area contributed by atoms with E-state index in [1.807, 2.05) is 23.3 Å². The van der Waals surface area contributed by atoms with Gasteiger partial charge in [0.25, 0.3) is 0 Å². The number of nitriles is 1. The molecule has 0 radical (unpaired) electrons. The maximum Gasteiger partial charge on any atom is 0.239 e. The van der Waals surface area contributed by atoms with Crippen molar-refractivity contribution in [2.24, 2.45) is 5.92 Å². The molecular formula is C26H33N5O4. The van der Waals surface area contributed by atoms with Crippen molar-refractivity contribution in [2.45, 2.75) is 52.2 Å². The van der Waals surface area contributed by atoms with Crippen molar-refractivity contribution in [1.82, 2.24) is 9.47 Å². The molecule has 3 heterocycles. The molecule has 0 unspecified atom stereocenters. The normalized spacial score (nSPS) is 18.8. The predicted octanol–water partition coefficient (Wildman–Crippen LogP) is 3.15. The Labute approximate surface area is 205 Å². The average molecular weight is 480 g/mol. The van der Waals surface area contributed by atoms with Crippen molar-refractivity contribution in [3.8, 4) is 11.8 Å². The molecule has 0 saturated carbocycles. The Morgan fingerprint density at radius 3 is 2.57 bits per heavy atom. The van der Waals surface area contributed by atoms with E-state index in [-0.39, 0.29) is 36.1 Å². The lowest BCUT2D eigenvalue weighted by atomic mass is 9.95. The highest BCUT2D eigenvalue weighted by Gasteiger charge is 2.28. The SMILES string of the molecule is Cc1c(C#N)c(NC(=O)CN2CCC(C(=O)Nc3ccccc3O)CC2)n(C[C@@H]2CCCO2)c1C. The number of amides is 2. The molecule has 0 aliphatic carbocycles. The Kier molecular flexibility index (Phi) is 7.73. The Morgan fingerprint density at radius 2 is 1.91 bits per heavy atom. The molecule has 35 heavy (non-hydrogen) atoms. The zero-order valence-electron chi connectivity index (χ0n) is 20.3. The smallest absolute Gasteiger partial charge is 0.239 e. The third kappa shape index (κ3) is 5.66. The van der Waals surface area contributed by atoms with Crippen molar-refractivity contribution in [3.05, 3.63) is 41.1 Å². The van der Waals surface area contributed by atoms with Gasteiger partial charge in [0.1, 0.15) is 17.6 Å². The minimum atomic E-state index is -0.176. The summed E-state index contributed by atoms with van der Waals surface area (Å²) >= 11 is 0. The molecule has 2 aliphatic heterocycles. The van der Waals surface area contributed by atoms with Crippen LogP contribution in [0.1, 0.15) is 42.5 Å². The van der Waals surface area contributed by atoms with Crippen molar-refractivity contribution < 1.29 is 19.4 Å². The fraction of sp³-hybridized carbons (Fsp3) is 0.500.